The zero-order valence-electron chi connectivity index (χ0n) is 10.9. The minimum absolute atomic E-state index is 0.0727. The third-order valence-electron chi connectivity index (χ3n) is 3.26. The van der Waals surface area contributed by atoms with E-state index in [4.69, 9.17) is 4.74 Å². The lowest BCUT2D eigenvalue weighted by molar-refractivity contribution is -0.119. The SMILES string of the molecule is O=C1CC(NC(=O)c2cc3c(cc2Br)NC(=O)CO3)CN1. The van der Waals surface area contributed by atoms with Crippen LogP contribution in [0.4, 0.5) is 5.69 Å². The van der Waals surface area contributed by atoms with Gasteiger partial charge in [0, 0.05) is 17.4 Å². The van der Waals surface area contributed by atoms with Crippen molar-refractivity contribution in [2.24, 2.45) is 0 Å². The fourth-order valence-corrected chi connectivity index (χ4v) is 2.77. The maximum absolute atomic E-state index is 12.3. The van der Waals surface area contributed by atoms with Gasteiger partial charge in [-0.2, -0.15) is 0 Å². The summed E-state index contributed by atoms with van der Waals surface area (Å²) in [5, 5.41) is 8.11. The molecule has 1 aromatic rings. The maximum Gasteiger partial charge on any atom is 0.262 e. The van der Waals surface area contributed by atoms with Crippen LogP contribution in [-0.2, 0) is 9.59 Å². The Bertz CT molecular complexity index is 647. The molecule has 2 heterocycles. The highest BCUT2D eigenvalue weighted by molar-refractivity contribution is 9.10. The van der Waals surface area contributed by atoms with Crippen LogP contribution in [-0.4, -0.2) is 36.9 Å². The molecule has 1 saturated heterocycles. The number of carbonyl (C=O) groups excluding carboxylic acids is 3. The smallest absolute Gasteiger partial charge is 0.262 e. The molecule has 7 nitrogen and oxygen atoms in total. The zero-order chi connectivity index (χ0) is 15.0. The van der Waals surface area contributed by atoms with Gasteiger partial charge in [-0.3, -0.25) is 14.4 Å². The van der Waals surface area contributed by atoms with Crippen LogP contribution in [0.5, 0.6) is 5.75 Å². The van der Waals surface area contributed by atoms with Crippen molar-refractivity contribution in [1.82, 2.24) is 10.6 Å². The van der Waals surface area contributed by atoms with E-state index in [1.807, 2.05) is 0 Å². The van der Waals surface area contributed by atoms with Gasteiger partial charge in [0.1, 0.15) is 5.75 Å². The van der Waals surface area contributed by atoms with E-state index in [-0.39, 0.29) is 36.8 Å². The number of halogens is 1. The van der Waals surface area contributed by atoms with Crippen LogP contribution < -0.4 is 20.7 Å². The summed E-state index contributed by atoms with van der Waals surface area (Å²) in [7, 11) is 0. The molecule has 0 bridgehead atoms. The van der Waals surface area contributed by atoms with Crippen LogP contribution in [0.1, 0.15) is 16.8 Å². The highest BCUT2D eigenvalue weighted by atomic mass is 79.9. The molecule has 21 heavy (non-hydrogen) atoms. The Morgan fingerprint density at radius 3 is 2.86 bits per heavy atom. The van der Waals surface area contributed by atoms with Crippen LogP contribution in [0.2, 0.25) is 0 Å². The number of rotatable bonds is 2. The lowest BCUT2D eigenvalue weighted by atomic mass is 10.1. The molecule has 2 aliphatic rings. The number of benzene rings is 1. The Morgan fingerprint density at radius 2 is 2.14 bits per heavy atom. The number of fused-ring (bicyclic) bond motifs is 1. The second-order valence-corrected chi connectivity index (χ2v) is 5.70. The van der Waals surface area contributed by atoms with Gasteiger partial charge in [-0.15, -0.1) is 0 Å². The van der Waals surface area contributed by atoms with Crippen LogP contribution >= 0.6 is 15.9 Å². The van der Waals surface area contributed by atoms with E-state index in [0.29, 0.717) is 28.0 Å². The number of anilines is 1. The first kappa shape index (κ1) is 13.9. The minimum atomic E-state index is -0.299. The normalized spacial score (nSPS) is 20.1. The third-order valence-corrected chi connectivity index (χ3v) is 3.92. The van der Waals surface area contributed by atoms with E-state index >= 15 is 0 Å². The molecular formula is C13H12BrN3O4. The van der Waals surface area contributed by atoms with E-state index in [0.717, 1.165) is 0 Å². The predicted octanol–water partition coefficient (Wildman–Crippen LogP) is 0.398. The van der Waals surface area contributed by atoms with Crippen molar-refractivity contribution in [3.05, 3.63) is 22.2 Å². The van der Waals surface area contributed by atoms with Gasteiger partial charge in [0.05, 0.1) is 17.3 Å². The topological polar surface area (TPSA) is 96.5 Å². The maximum atomic E-state index is 12.3. The van der Waals surface area contributed by atoms with Crippen LogP contribution in [0.25, 0.3) is 0 Å². The van der Waals surface area contributed by atoms with Crippen molar-refractivity contribution < 1.29 is 19.1 Å². The van der Waals surface area contributed by atoms with Gasteiger partial charge >= 0.3 is 0 Å². The highest BCUT2D eigenvalue weighted by Gasteiger charge is 2.25. The summed E-state index contributed by atoms with van der Waals surface area (Å²) in [6, 6.07) is 2.98. The number of amides is 3. The monoisotopic (exact) mass is 353 g/mol. The molecule has 8 heteroatoms. The molecule has 3 rings (SSSR count). The second-order valence-electron chi connectivity index (χ2n) is 4.84. The summed E-state index contributed by atoms with van der Waals surface area (Å²) >= 11 is 3.31. The van der Waals surface area contributed by atoms with Gasteiger partial charge in [0.2, 0.25) is 5.91 Å². The van der Waals surface area contributed by atoms with E-state index in [1.165, 1.54) is 0 Å². The van der Waals surface area contributed by atoms with Crippen molar-refractivity contribution >= 4 is 39.3 Å². The molecule has 110 valence electrons. The number of carbonyl (C=O) groups is 3. The molecule has 1 fully saturated rings. The standard InChI is InChI=1S/C13H12BrN3O4/c14-8-3-9-10(21-5-12(19)17-9)2-7(8)13(20)16-6-1-11(18)15-4-6/h2-3,6H,1,4-5H2,(H,15,18)(H,16,20)(H,17,19). The fourth-order valence-electron chi connectivity index (χ4n) is 2.24. The Hall–Kier alpha value is -2.09. The van der Waals surface area contributed by atoms with Crippen molar-refractivity contribution in [2.45, 2.75) is 12.5 Å². The van der Waals surface area contributed by atoms with Crippen molar-refractivity contribution in [3.8, 4) is 5.75 Å². The summed E-state index contributed by atoms with van der Waals surface area (Å²) in [6.07, 6.45) is 0.279. The Balaban J connectivity index is 1.80. The molecule has 1 atom stereocenters. The third kappa shape index (κ3) is 2.85. The van der Waals surface area contributed by atoms with Gasteiger partial charge < -0.3 is 20.7 Å². The van der Waals surface area contributed by atoms with Crippen molar-refractivity contribution in [3.63, 3.8) is 0 Å². The Kier molecular flexibility index (Phi) is 3.54. The quantitative estimate of drug-likeness (QED) is 0.716. The molecule has 0 spiro atoms. The summed E-state index contributed by atoms with van der Waals surface area (Å²) in [4.78, 5) is 34.6. The lowest BCUT2D eigenvalue weighted by Crippen LogP contribution is -2.36. The minimum Gasteiger partial charge on any atom is -0.482 e. The molecule has 1 unspecified atom stereocenters. The first-order chi connectivity index (χ1) is 10.0. The zero-order valence-corrected chi connectivity index (χ0v) is 12.5. The molecule has 3 N–H and O–H groups in total. The molecule has 3 amide bonds. The van der Waals surface area contributed by atoms with Crippen molar-refractivity contribution in [1.29, 1.82) is 0 Å². The summed E-state index contributed by atoms with van der Waals surface area (Å²) < 4.78 is 5.83. The molecule has 0 saturated carbocycles. The number of hydrogen-bond acceptors (Lipinski definition) is 4. The first-order valence-electron chi connectivity index (χ1n) is 6.36. The average molecular weight is 354 g/mol. The largest absolute Gasteiger partial charge is 0.482 e. The second kappa shape index (κ2) is 5.36. The van der Waals surface area contributed by atoms with Gasteiger partial charge in [0.15, 0.2) is 6.61 Å². The average Bonchev–Trinajstić information content (AvgIpc) is 2.83. The number of ether oxygens (including phenoxy) is 1. The van der Waals surface area contributed by atoms with Gasteiger partial charge in [0.25, 0.3) is 11.8 Å². The molecule has 2 aliphatic heterocycles. The van der Waals surface area contributed by atoms with Crippen molar-refractivity contribution in [2.75, 3.05) is 18.5 Å². The molecular weight excluding hydrogens is 342 g/mol. The molecule has 0 radical (unpaired) electrons. The lowest BCUT2D eigenvalue weighted by Gasteiger charge is -2.20. The summed E-state index contributed by atoms with van der Waals surface area (Å²) in [5.41, 5.74) is 0.914. The predicted molar refractivity (Wildman–Crippen MR) is 77.1 cm³/mol. The highest BCUT2D eigenvalue weighted by Crippen LogP contribution is 2.33. The molecule has 0 aromatic heterocycles. The van der Waals surface area contributed by atoms with E-state index < -0.39 is 0 Å². The van der Waals surface area contributed by atoms with Gasteiger partial charge in [-0.25, -0.2) is 0 Å². The Morgan fingerprint density at radius 1 is 1.33 bits per heavy atom. The Labute approximate surface area is 128 Å². The van der Waals surface area contributed by atoms with E-state index in [9.17, 15) is 14.4 Å². The summed E-state index contributed by atoms with van der Waals surface area (Å²) in [5.74, 6) is -0.159. The van der Waals surface area contributed by atoms with E-state index in [1.54, 1.807) is 12.1 Å². The first-order valence-corrected chi connectivity index (χ1v) is 7.16. The van der Waals surface area contributed by atoms with Gasteiger partial charge in [-0.05, 0) is 28.1 Å². The van der Waals surface area contributed by atoms with E-state index in [2.05, 4.69) is 31.9 Å². The number of hydrogen-bond donors (Lipinski definition) is 3. The molecule has 0 aliphatic carbocycles. The number of nitrogens with one attached hydrogen (secondary N) is 3. The van der Waals surface area contributed by atoms with Crippen LogP contribution in [0.3, 0.4) is 0 Å². The van der Waals surface area contributed by atoms with Crippen LogP contribution in [0.15, 0.2) is 16.6 Å². The molecule has 1 aromatic carbocycles. The van der Waals surface area contributed by atoms with Gasteiger partial charge in [-0.1, -0.05) is 0 Å². The summed E-state index contributed by atoms with van der Waals surface area (Å²) in [6.45, 7) is 0.358. The fraction of sp³-hybridized carbons (Fsp3) is 0.308. The van der Waals surface area contributed by atoms with Crippen LogP contribution in [0, 0.1) is 0 Å².